The monoisotopic (exact) mass is 262 g/mol. The molecule has 0 aromatic carbocycles. The molecule has 1 heterocycles. The van der Waals surface area contributed by atoms with Crippen LogP contribution in [-0.2, 0) is 10.3 Å². The predicted octanol–water partition coefficient (Wildman–Crippen LogP) is 3.24. The molecular formula is C16H24NO2+. The van der Waals surface area contributed by atoms with Gasteiger partial charge >= 0.3 is 5.97 Å². The Morgan fingerprint density at radius 3 is 2.53 bits per heavy atom. The number of pyridine rings is 1. The van der Waals surface area contributed by atoms with Gasteiger partial charge in [-0.3, -0.25) is 4.79 Å². The van der Waals surface area contributed by atoms with E-state index in [1.165, 1.54) is 0 Å². The summed E-state index contributed by atoms with van der Waals surface area (Å²) in [6, 6.07) is 4.03. The molecule has 3 nitrogen and oxygen atoms in total. The molecule has 1 N–H and O–H groups in total. The molecule has 0 saturated carbocycles. The summed E-state index contributed by atoms with van der Waals surface area (Å²) >= 11 is 0. The summed E-state index contributed by atoms with van der Waals surface area (Å²) in [5.74, 6) is -0.759. The molecule has 19 heavy (non-hydrogen) atoms. The number of hydrogen-bond acceptors (Lipinski definition) is 1. The number of hydrogen-bond donors (Lipinski definition) is 1. The van der Waals surface area contributed by atoms with E-state index < -0.39 is 11.4 Å². The lowest BCUT2D eigenvalue weighted by Crippen LogP contribution is -2.54. The summed E-state index contributed by atoms with van der Waals surface area (Å²) in [5, 5.41) is 9.27. The van der Waals surface area contributed by atoms with Crippen LogP contribution in [0.1, 0.15) is 46.6 Å². The van der Waals surface area contributed by atoms with Crippen LogP contribution in [0.2, 0.25) is 0 Å². The van der Waals surface area contributed by atoms with E-state index in [4.69, 9.17) is 0 Å². The maximum atomic E-state index is 11.3. The van der Waals surface area contributed by atoms with Gasteiger partial charge in [-0.1, -0.05) is 12.2 Å². The van der Waals surface area contributed by atoms with Crippen LogP contribution in [-0.4, -0.2) is 11.1 Å². The first-order valence-electron chi connectivity index (χ1n) is 6.57. The number of carbonyl (C=O) groups is 1. The molecule has 1 aromatic rings. The Bertz CT molecular complexity index is 487. The van der Waals surface area contributed by atoms with Gasteiger partial charge in [-0.05, 0) is 26.8 Å². The molecule has 0 aliphatic carbocycles. The lowest BCUT2D eigenvalue weighted by atomic mass is 9.80. The van der Waals surface area contributed by atoms with Crippen LogP contribution >= 0.6 is 0 Å². The van der Waals surface area contributed by atoms with Gasteiger partial charge in [-0.2, -0.15) is 4.57 Å². The van der Waals surface area contributed by atoms with E-state index in [2.05, 4.69) is 24.6 Å². The van der Waals surface area contributed by atoms with Crippen molar-refractivity contribution in [3.05, 3.63) is 36.2 Å². The number of aliphatic carboxylic acids is 1. The van der Waals surface area contributed by atoms with Gasteiger partial charge in [0.1, 0.15) is 0 Å². The van der Waals surface area contributed by atoms with Crippen molar-refractivity contribution < 1.29 is 14.5 Å². The van der Waals surface area contributed by atoms with Gasteiger partial charge in [-0.15, -0.1) is 0 Å². The third-order valence-electron chi connectivity index (χ3n) is 3.34. The average molecular weight is 262 g/mol. The molecule has 0 unspecified atom stereocenters. The molecule has 0 fully saturated rings. The van der Waals surface area contributed by atoms with Crippen molar-refractivity contribution in [3.63, 3.8) is 0 Å². The summed E-state index contributed by atoms with van der Waals surface area (Å²) < 4.78 is 2.09. The summed E-state index contributed by atoms with van der Waals surface area (Å²) in [5.41, 5.74) is 0.123. The molecule has 3 heteroatoms. The van der Waals surface area contributed by atoms with Gasteiger partial charge in [0.25, 0.3) is 0 Å². The Labute approximate surface area is 115 Å². The van der Waals surface area contributed by atoms with E-state index in [0.717, 1.165) is 5.56 Å². The van der Waals surface area contributed by atoms with E-state index in [0.29, 0.717) is 6.42 Å². The van der Waals surface area contributed by atoms with Crippen LogP contribution in [0.5, 0.6) is 0 Å². The molecule has 0 spiro atoms. The van der Waals surface area contributed by atoms with Crippen molar-refractivity contribution in [2.24, 2.45) is 5.41 Å². The number of nitrogens with zero attached hydrogens (tertiary/aromatic N) is 1. The molecule has 0 amide bonds. The highest BCUT2D eigenvalue weighted by Gasteiger charge is 2.40. The Hall–Kier alpha value is -1.64. The Kier molecular flexibility index (Phi) is 4.51. The van der Waals surface area contributed by atoms with Crippen LogP contribution in [0.3, 0.4) is 0 Å². The summed E-state index contributed by atoms with van der Waals surface area (Å²) in [4.78, 5) is 11.3. The quantitative estimate of drug-likeness (QED) is 0.828. The molecule has 0 saturated heterocycles. The van der Waals surface area contributed by atoms with Gasteiger partial charge in [0.15, 0.2) is 17.9 Å². The van der Waals surface area contributed by atoms with Crippen molar-refractivity contribution in [1.29, 1.82) is 0 Å². The number of aromatic nitrogens is 1. The second-order valence-corrected chi connectivity index (χ2v) is 6.22. The molecule has 0 aliphatic rings. The summed E-state index contributed by atoms with van der Waals surface area (Å²) in [6.45, 7) is 9.66. The maximum Gasteiger partial charge on any atom is 0.309 e. The van der Waals surface area contributed by atoms with Gasteiger partial charge in [0.05, 0.1) is 5.41 Å². The number of carboxylic acids is 1. The van der Waals surface area contributed by atoms with Gasteiger partial charge in [0, 0.05) is 31.9 Å². The lowest BCUT2D eigenvalue weighted by Gasteiger charge is -2.28. The second-order valence-electron chi connectivity index (χ2n) is 6.22. The van der Waals surface area contributed by atoms with Crippen molar-refractivity contribution >= 4 is 12.0 Å². The first-order chi connectivity index (χ1) is 8.69. The van der Waals surface area contributed by atoms with Crippen molar-refractivity contribution in [1.82, 2.24) is 0 Å². The fourth-order valence-corrected chi connectivity index (χ4v) is 2.41. The zero-order valence-corrected chi connectivity index (χ0v) is 12.5. The number of rotatable bonds is 5. The topological polar surface area (TPSA) is 41.2 Å². The first kappa shape index (κ1) is 15.4. The second kappa shape index (κ2) is 5.55. The molecule has 0 aliphatic heterocycles. The van der Waals surface area contributed by atoms with Gasteiger partial charge < -0.3 is 5.11 Å². The Morgan fingerprint density at radius 2 is 2.00 bits per heavy atom. The van der Waals surface area contributed by atoms with Crippen molar-refractivity contribution in [3.8, 4) is 0 Å². The van der Waals surface area contributed by atoms with Gasteiger partial charge in [0.2, 0.25) is 0 Å². The highest BCUT2D eigenvalue weighted by molar-refractivity contribution is 5.73. The highest BCUT2D eigenvalue weighted by Crippen LogP contribution is 2.29. The maximum absolute atomic E-state index is 11.3. The summed E-state index contributed by atoms with van der Waals surface area (Å²) in [7, 11) is 0. The Morgan fingerprint density at radius 1 is 1.37 bits per heavy atom. The third-order valence-corrected chi connectivity index (χ3v) is 3.34. The number of allylic oxidation sites excluding steroid dienone is 1. The van der Waals surface area contributed by atoms with E-state index in [-0.39, 0.29) is 5.54 Å². The summed E-state index contributed by atoms with van der Waals surface area (Å²) in [6.07, 6.45) is 8.64. The molecule has 1 rings (SSSR count). The van der Waals surface area contributed by atoms with E-state index in [9.17, 15) is 9.90 Å². The number of carboxylic acid groups (broad SMARTS) is 1. The van der Waals surface area contributed by atoms with Crippen LogP contribution in [0.4, 0.5) is 0 Å². The molecule has 0 atom stereocenters. The van der Waals surface area contributed by atoms with Crippen LogP contribution in [0, 0.1) is 5.41 Å². The molecule has 0 radical (unpaired) electrons. The van der Waals surface area contributed by atoms with E-state index >= 15 is 0 Å². The van der Waals surface area contributed by atoms with Crippen molar-refractivity contribution in [2.45, 2.75) is 46.6 Å². The largest absolute Gasteiger partial charge is 0.481 e. The fourth-order valence-electron chi connectivity index (χ4n) is 2.41. The predicted molar refractivity (Wildman–Crippen MR) is 76.7 cm³/mol. The third kappa shape index (κ3) is 3.91. The minimum atomic E-state index is -0.759. The Balaban J connectivity index is 3.06. The standard InChI is InChI=1S/C16H23NO2/c1-6-8-13-9-7-10-17(11-13)16(4,5)12-15(2,3)14(18)19/h6-11H,12H2,1-5H3/p+1/b8-6+. The SMILES string of the molecule is C/C=C/c1ccc[n+](C(C)(C)CC(C)(C)C(=O)O)c1. The average Bonchev–Trinajstić information content (AvgIpc) is 2.28. The molecule has 1 aromatic heterocycles. The first-order valence-corrected chi connectivity index (χ1v) is 6.57. The van der Waals surface area contributed by atoms with Crippen LogP contribution in [0.15, 0.2) is 30.6 Å². The smallest absolute Gasteiger partial charge is 0.309 e. The molecule has 104 valence electrons. The normalized spacial score (nSPS) is 12.9. The van der Waals surface area contributed by atoms with Crippen LogP contribution in [0.25, 0.3) is 6.08 Å². The minimum absolute atomic E-state index is 0.251. The minimum Gasteiger partial charge on any atom is -0.481 e. The van der Waals surface area contributed by atoms with Crippen LogP contribution < -0.4 is 4.57 Å². The van der Waals surface area contributed by atoms with E-state index in [1.807, 2.05) is 37.4 Å². The van der Waals surface area contributed by atoms with Gasteiger partial charge in [-0.25, -0.2) is 0 Å². The van der Waals surface area contributed by atoms with Crippen molar-refractivity contribution in [2.75, 3.05) is 0 Å². The zero-order chi connectivity index (χ0) is 14.7. The highest BCUT2D eigenvalue weighted by atomic mass is 16.4. The fraction of sp³-hybridized carbons (Fsp3) is 0.500. The molecular weight excluding hydrogens is 238 g/mol. The van der Waals surface area contributed by atoms with E-state index in [1.54, 1.807) is 13.8 Å². The zero-order valence-electron chi connectivity index (χ0n) is 12.5. The lowest BCUT2D eigenvalue weighted by molar-refractivity contribution is -0.760. The molecule has 0 bridgehead atoms.